The van der Waals surface area contributed by atoms with E-state index in [1.54, 1.807) is 18.2 Å². The van der Waals surface area contributed by atoms with Crippen LogP contribution in [-0.4, -0.2) is 14.7 Å². The second kappa shape index (κ2) is 4.17. The number of rotatable bonds is 1. The average Bonchev–Trinajstić information content (AvgIpc) is 2.39. The van der Waals surface area contributed by atoms with Gasteiger partial charge in [-0.2, -0.15) is 0 Å². The molecule has 1 aromatic carbocycles. The molecule has 0 spiro atoms. The summed E-state index contributed by atoms with van der Waals surface area (Å²) in [6.07, 6.45) is 1.88. The molecule has 0 saturated heterocycles. The van der Waals surface area contributed by atoms with E-state index >= 15 is 0 Å². The first-order valence-electron chi connectivity index (χ1n) is 6.63. The lowest BCUT2D eigenvalue weighted by Crippen LogP contribution is -2.36. The maximum atomic E-state index is 12.5. The molecule has 0 amide bonds. The van der Waals surface area contributed by atoms with Gasteiger partial charge in [0.2, 0.25) is 0 Å². The van der Waals surface area contributed by atoms with Crippen LogP contribution in [0, 0.1) is 5.41 Å². The van der Waals surface area contributed by atoms with Gasteiger partial charge in [0.05, 0.1) is 17.5 Å². The Morgan fingerprint density at radius 2 is 2.21 bits per heavy atom. The minimum Gasteiger partial charge on any atom is -0.392 e. The number of aliphatic hydroxyl groups is 1. The third-order valence-corrected chi connectivity index (χ3v) is 3.89. The molecule has 19 heavy (non-hydrogen) atoms. The van der Waals surface area contributed by atoms with Gasteiger partial charge in [-0.3, -0.25) is 9.36 Å². The predicted octanol–water partition coefficient (Wildman–Crippen LogP) is 1.86. The number of aryl methyl sites for hydroxylation is 1. The summed E-state index contributed by atoms with van der Waals surface area (Å²) >= 11 is 0. The van der Waals surface area contributed by atoms with Crippen molar-refractivity contribution in [1.29, 1.82) is 0 Å². The second-order valence-electron chi connectivity index (χ2n) is 6.09. The van der Waals surface area contributed by atoms with Crippen LogP contribution in [0.2, 0.25) is 0 Å². The summed E-state index contributed by atoms with van der Waals surface area (Å²) in [6, 6.07) is 5.36. The van der Waals surface area contributed by atoms with Crippen molar-refractivity contribution in [1.82, 2.24) is 9.55 Å². The lowest BCUT2D eigenvalue weighted by molar-refractivity contribution is 0.240. The Kier molecular flexibility index (Phi) is 2.71. The highest BCUT2D eigenvalue weighted by Crippen LogP contribution is 2.29. The van der Waals surface area contributed by atoms with Crippen molar-refractivity contribution in [2.24, 2.45) is 5.41 Å². The number of hydrogen-bond acceptors (Lipinski definition) is 3. The van der Waals surface area contributed by atoms with Gasteiger partial charge in [0.1, 0.15) is 5.82 Å². The molecule has 2 aromatic rings. The van der Waals surface area contributed by atoms with E-state index in [-0.39, 0.29) is 17.6 Å². The molecule has 0 radical (unpaired) electrons. The molecule has 0 aliphatic carbocycles. The summed E-state index contributed by atoms with van der Waals surface area (Å²) in [5, 5.41) is 9.80. The number of aliphatic hydroxyl groups excluding tert-OH is 1. The summed E-state index contributed by atoms with van der Waals surface area (Å²) in [5.74, 6) is 0.868. The number of nitrogens with zero attached hydrogens (tertiary/aromatic N) is 2. The molecule has 2 heterocycles. The maximum absolute atomic E-state index is 12.5. The van der Waals surface area contributed by atoms with Gasteiger partial charge in [-0.15, -0.1) is 0 Å². The fourth-order valence-corrected chi connectivity index (χ4v) is 2.72. The third-order valence-electron chi connectivity index (χ3n) is 3.89. The lowest BCUT2D eigenvalue weighted by Gasteiger charge is -2.31. The summed E-state index contributed by atoms with van der Waals surface area (Å²) in [5.41, 5.74) is 1.68. The molecule has 0 unspecified atom stereocenters. The topological polar surface area (TPSA) is 55.1 Å². The van der Waals surface area contributed by atoms with Gasteiger partial charge >= 0.3 is 0 Å². The Morgan fingerprint density at radius 1 is 1.42 bits per heavy atom. The van der Waals surface area contributed by atoms with Crippen molar-refractivity contribution < 1.29 is 5.11 Å². The molecule has 1 aliphatic rings. The first kappa shape index (κ1) is 12.4. The molecular formula is C15H18N2O2. The van der Waals surface area contributed by atoms with Crippen LogP contribution in [0.3, 0.4) is 0 Å². The van der Waals surface area contributed by atoms with Crippen molar-refractivity contribution >= 4 is 10.9 Å². The van der Waals surface area contributed by atoms with Gasteiger partial charge in [0, 0.05) is 13.0 Å². The van der Waals surface area contributed by atoms with Crippen LogP contribution in [-0.2, 0) is 19.6 Å². The monoisotopic (exact) mass is 258 g/mol. The van der Waals surface area contributed by atoms with Crippen LogP contribution in [0.25, 0.3) is 10.9 Å². The Hall–Kier alpha value is -1.68. The molecule has 4 heteroatoms. The van der Waals surface area contributed by atoms with Crippen molar-refractivity contribution in [3.8, 4) is 0 Å². The summed E-state index contributed by atoms with van der Waals surface area (Å²) in [7, 11) is 0. The zero-order valence-corrected chi connectivity index (χ0v) is 11.3. The van der Waals surface area contributed by atoms with E-state index < -0.39 is 0 Å². The Balaban J connectivity index is 2.25. The first-order valence-corrected chi connectivity index (χ1v) is 6.63. The van der Waals surface area contributed by atoms with Crippen LogP contribution in [0.4, 0.5) is 0 Å². The minimum atomic E-state index is -0.0247. The van der Waals surface area contributed by atoms with Gasteiger partial charge < -0.3 is 5.11 Å². The molecular weight excluding hydrogens is 240 g/mol. The Bertz CT molecular complexity index is 701. The number of benzene rings is 1. The fraction of sp³-hybridized carbons (Fsp3) is 0.467. The van der Waals surface area contributed by atoms with E-state index in [2.05, 4.69) is 18.8 Å². The Labute approximate surface area is 111 Å². The number of aromatic nitrogens is 2. The third kappa shape index (κ3) is 2.06. The van der Waals surface area contributed by atoms with Crippen LogP contribution >= 0.6 is 0 Å². The van der Waals surface area contributed by atoms with E-state index in [9.17, 15) is 4.79 Å². The van der Waals surface area contributed by atoms with Crippen LogP contribution in [0.1, 0.15) is 31.7 Å². The normalized spacial score (nSPS) is 17.4. The van der Waals surface area contributed by atoms with Gasteiger partial charge in [-0.05, 0) is 29.5 Å². The standard InChI is InChI=1S/C15H18N2O2/c1-15(2)6-5-13-16-12-7-10(8-18)3-4-11(12)14(19)17(13)9-15/h3-4,7,18H,5-6,8-9H2,1-2H3. The smallest absolute Gasteiger partial charge is 0.261 e. The SMILES string of the molecule is CC1(C)CCc2nc3cc(CO)ccc3c(=O)n2C1. The zero-order chi connectivity index (χ0) is 13.6. The zero-order valence-electron chi connectivity index (χ0n) is 11.3. The number of hydrogen-bond donors (Lipinski definition) is 1. The quantitative estimate of drug-likeness (QED) is 0.849. The molecule has 1 aliphatic heterocycles. The van der Waals surface area contributed by atoms with E-state index in [1.807, 2.05) is 4.57 Å². The van der Waals surface area contributed by atoms with E-state index in [0.717, 1.165) is 30.8 Å². The summed E-state index contributed by atoms with van der Waals surface area (Å²) in [6.45, 7) is 5.07. The number of fused-ring (bicyclic) bond motifs is 2. The Morgan fingerprint density at radius 3 is 2.95 bits per heavy atom. The summed E-state index contributed by atoms with van der Waals surface area (Å²) in [4.78, 5) is 17.1. The van der Waals surface area contributed by atoms with E-state index in [1.165, 1.54) is 0 Å². The molecule has 0 saturated carbocycles. The van der Waals surface area contributed by atoms with Crippen molar-refractivity contribution in [3.05, 3.63) is 39.9 Å². The minimum absolute atomic E-state index is 0.0247. The van der Waals surface area contributed by atoms with Crippen molar-refractivity contribution in [3.63, 3.8) is 0 Å². The van der Waals surface area contributed by atoms with E-state index in [0.29, 0.717) is 10.9 Å². The molecule has 1 N–H and O–H groups in total. The highest BCUT2D eigenvalue weighted by atomic mass is 16.3. The van der Waals surface area contributed by atoms with Crippen molar-refractivity contribution in [2.45, 2.75) is 39.8 Å². The largest absolute Gasteiger partial charge is 0.392 e. The van der Waals surface area contributed by atoms with Crippen LogP contribution in [0.5, 0.6) is 0 Å². The molecule has 0 fully saturated rings. The van der Waals surface area contributed by atoms with Crippen LogP contribution < -0.4 is 5.56 Å². The predicted molar refractivity (Wildman–Crippen MR) is 74.0 cm³/mol. The van der Waals surface area contributed by atoms with Gasteiger partial charge in [0.25, 0.3) is 5.56 Å². The average molecular weight is 258 g/mol. The molecule has 1 aromatic heterocycles. The maximum Gasteiger partial charge on any atom is 0.261 e. The fourth-order valence-electron chi connectivity index (χ4n) is 2.72. The molecule has 4 nitrogen and oxygen atoms in total. The molecule has 3 rings (SSSR count). The molecule has 100 valence electrons. The second-order valence-corrected chi connectivity index (χ2v) is 6.09. The highest BCUT2D eigenvalue weighted by molar-refractivity contribution is 5.78. The van der Waals surface area contributed by atoms with Crippen LogP contribution in [0.15, 0.2) is 23.0 Å². The van der Waals surface area contributed by atoms with Crippen molar-refractivity contribution in [2.75, 3.05) is 0 Å². The molecule has 0 atom stereocenters. The van der Waals surface area contributed by atoms with E-state index in [4.69, 9.17) is 5.11 Å². The van der Waals surface area contributed by atoms with Gasteiger partial charge in [0.15, 0.2) is 0 Å². The highest BCUT2D eigenvalue weighted by Gasteiger charge is 2.27. The summed E-state index contributed by atoms with van der Waals surface area (Å²) < 4.78 is 1.81. The molecule has 0 bridgehead atoms. The van der Waals surface area contributed by atoms with Gasteiger partial charge in [-0.1, -0.05) is 19.9 Å². The first-order chi connectivity index (χ1) is 9.00. The lowest BCUT2D eigenvalue weighted by atomic mass is 9.85. The van der Waals surface area contributed by atoms with Gasteiger partial charge in [-0.25, -0.2) is 4.98 Å².